The lowest BCUT2D eigenvalue weighted by Crippen LogP contribution is -2.30. The summed E-state index contributed by atoms with van der Waals surface area (Å²) in [6.07, 6.45) is 3.92. The second-order valence-electron chi connectivity index (χ2n) is 5.49. The van der Waals surface area contributed by atoms with Crippen LogP contribution < -0.4 is 9.64 Å². The number of ether oxygens (including phenoxy) is 1. The van der Waals surface area contributed by atoms with Gasteiger partial charge in [-0.25, -0.2) is 0 Å². The minimum absolute atomic E-state index is 0.0935. The van der Waals surface area contributed by atoms with Crippen LogP contribution in [0, 0.1) is 0 Å². The van der Waals surface area contributed by atoms with Crippen molar-refractivity contribution in [3.63, 3.8) is 0 Å². The summed E-state index contributed by atoms with van der Waals surface area (Å²) >= 11 is 3.20. The van der Waals surface area contributed by atoms with Crippen molar-refractivity contribution in [3.05, 3.63) is 35.0 Å². The Morgan fingerprint density at radius 2 is 2.26 bits per heavy atom. The van der Waals surface area contributed by atoms with Crippen LogP contribution in [-0.2, 0) is 0 Å². The van der Waals surface area contributed by atoms with Gasteiger partial charge in [0.25, 0.3) is 5.91 Å². The molecule has 7 nitrogen and oxygen atoms in total. The van der Waals surface area contributed by atoms with Gasteiger partial charge in [-0.1, -0.05) is 0 Å². The van der Waals surface area contributed by atoms with E-state index < -0.39 is 0 Å². The Morgan fingerprint density at radius 1 is 1.43 bits per heavy atom. The van der Waals surface area contributed by atoms with E-state index in [4.69, 9.17) is 9.15 Å². The van der Waals surface area contributed by atoms with Gasteiger partial charge in [-0.3, -0.25) is 9.78 Å². The van der Waals surface area contributed by atoms with Crippen molar-refractivity contribution in [3.8, 4) is 5.88 Å². The summed E-state index contributed by atoms with van der Waals surface area (Å²) in [6, 6.07) is 3.37. The van der Waals surface area contributed by atoms with E-state index in [1.807, 2.05) is 19.0 Å². The third-order valence-corrected chi connectivity index (χ3v) is 3.99. The van der Waals surface area contributed by atoms with Crippen LogP contribution in [0.2, 0.25) is 0 Å². The first-order valence-corrected chi connectivity index (χ1v) is 8.03. The van der Waals surface area contributed by atoms with Crippen molar-refractivity contribution in [1.82, 2.24) is 14.9 Å². The normalized spacial score (nSPS) is 17.3. The van der Waals surface area contributed by atoms with E-state index in [-0.39, 0.29) is 12.0 Å². The van der Waals surface area contributed by atoms with Gasteiger partial charge in [-0.15, -0.1) is 0 Å². The first-order valence-electron chi connectivity index (χ1n) is 7.23. The Balaban J connectivity index is 1.62. The van der Waals surface area contributed by atoms with E-state index in [2.05, 4.69) is 25.9 Å². The summed E-state index contributed by atoms with van der Waals surface area (Å²) in [5, 5.41) is 0. The molecule has 2 aromatic heterocycles. The maximum Gasteiger partial charge on any atom is 0.289 e. The zero-order valence-electron chi connectivity index (χ0n) is 12.9. The van der Waals surface area contributed by atoms with Crippen LogP contribution in [0.1, 0.15) is 17.0 Å². The Labute approximate surface area is 142 Å². The highest BCUT2D eigenvalue weighted by Gasteiger charge is 2.30. The molecule has 1 amide bonds. The first-order chi connectivity index (χ1) is 11.0. The molecule has 0 unspecified atom stereocenters. The Hall–Kier alpha value is -2.09. The number of anilines is 1. The molecule has 1 aliphatic rings. The largest absolute Gasteiger partial charge is 0.471 e. The molecule has 0 N–H and O–H groups in total. The number of carbonyl (C=O) groups excluding carboxylic acids is 1. The highest BCUT2D eigenvalue weighted by molar-refractivity contribution is 9.10. The number of hydrogen-bond donors (Lipinski definition) is 0. The lowest BCUT2D eigenvalue weighted by molar-refractivity contribution is 0.0738. The molecule has 0 spiro atoms. The van der Waals surface area contributed by atoms with Crippen molar-refractivity contribution in [2.24, 2.45) is 0 Å². The number of rotatable bonds is 4. The third kappa shape index (κ3) is 3.64. The van der Waals surface area contributed by atoms with E-state index in [1.165, 1.54) is 0 Å². The Morgan fingerprint density at radius 3 is 2.96 bits per heavy atom. The van der Waals surface area contributed by atoms with E-state index in [9.17, 15) is 4.79 Å². The third-order valence-electron chi connectivity index (χ3n) is 3.56. The van der Waals surface area contributed by atoms with Gasteiger partial charge in [0.1, 0.15) is 6.10 Å². The standard InChI is InChI=1S/C15H17BrN4O3/c1-19(2)13-7-17-8-14(18-13)22-10-5-6-20(9-10)15(21)11-3-4-12(16)23-11/h3-4,7-8,10H,5-6,9H2,1-2H3/t10-/m0/s1. The topological polar surface area (TPSA) is 71.7 Å². The predicted octanol–water partition coefficient (Wildman–Crippen LogP) is 2.19. The second-order valence-corrected chi connectivity index (χ2v) is 6.27. The highest BCUT2D eigenvalue weighted by atomic mass is 79.9. The molecule has 1 aliphatic heterocycles. The predicted molar refractivity (Wildman–Crippen MR) is 87.7 cm³/mol. The summed E-state index contributed by atoms with van der Waals surface area (Å²) in [5.74, 6) is 1.40. The molecular weight excluding hydrogens is 364 g/mol. The molecule has 0 saturated carbocycles. The van der Waals surface area contributed by atoms with Gasteiger partial charge in [0.15, 0.2) is 16.2 Å². The maximum absolute atomic E-state index is 12.3. The molecule has 0 aromatic carbocycles. The van der Waals surface area contributed by atoms with Crippen LogP contribution in [0.5, 0.6) is 5.88 Å². The number of aromatic nitrogens is 2. The summed E-state index contributed by atoms with van der Waals surface area (Å²) in [7, 11) is 3.79. The van der Waals surface area contributed by atoms with E-state index in [1.54, 1.807) is 29.4 Å². The van der Waals surface area contributed by atoms with Crippen molar-refractivity contribution >= 4 is 27.7 Å². The molecule has 0 aliphatic carbocycles. The fourth-order valence-corrected chi connectivity index (χ4v) is 2.68. The van der Waals surface area contributed by atoms with Gasteiger partial charge in [-0.2, -0.15) is 4.98 Å². The Bertz CT molecular complexity index is 704. The summed E-state index contributed by atoms with van der Waals surface area (Å²) < 4.78 is 11.7. The zero-order chi connectivity index (χ0) is 16.4. The van der Waals surface area contributed by atoms with Crippen LogP contribution in [0.15, 0.2) is 33.6 Å². The van der Waals surface area contributed by atoms with Crippen LogP contribution in [0.3, 0.4) is 0 Å². The molecule has 0 radical (unpaired) electrons. The molecule has 23 heavy (non-hydrogen) atoms. The molecular formula is C15H17BrN4O3. The van der Waals surface area contributed by atoms with Crippen LogP contribution in [-0.4, -0.2) is 54.1 Å². The average molecular weight is 381 g/mol. The number of amides is 1. The zero-order valence-corrected chi connectivity index (χ0v) is 14.5. The number of nitrogens with zero attached hydrogens (tertiary/aromatic N) is 4. The van der Waals surface area contributed by atoms with E-state index in [0.29, 0.717) is 29.4 Å². The summed E-state index contributed by atoms with van der Waals surface area (Å²) in [4.78, 5) is 24.4. The second kappa shape index (κ2) is 6.57. The number of likely N-dealkylation sites (tertiary alicyclic amines) is 1. The van der Waals surface area contributed by atoms with Gasteiger partial charge in [-0.05, 0) is 28.1 Å². The molecule has 8 heteroatoms. The number of furan rings is 1. The van der Waals surface area contributed by atoms with Crippen molar-refractivity contribution in [1.29, 1.82) is 0 Å². The van der Waals surface area contributed by atoms with E-state index >= 15 is 0 Å². The van der Waals surface area contributed by atoms with Crippen molar-refractivity contribution in [2.75, 3.05) is 32.1 Å². The lowest BCUT2D eigenvalue weighted by Gasteiger charge is -2.16. The number of hydrogen-bond acceptors (Lipinski definition) is 6. The van der Waals surface area contributed by atoms with Crippen molar-refractivity contribution < 1.29 is 13.9 Å². The Kier molecular flexibility index (Phi) is 4.51. The minimum Gasteiger partial charge on any atom is -0.471 e. The van der Waals surface area contributed by atoms with E-state index in [0.717, 1.165) is 12.2 Å². The molecule has 3 heterocycles. The van der Waals surface area contributed by atoms with Gasteiger partial charge >= 0.3 is 0 Å². The quantitative estimate of drug-likeness (QED) is 0.809. The maximum atomic E-state index is 12.3. The summed E-state index contributed by atoms with van der Waals surface area (Å²) in [6.45, 7) is 1.13. The van der Waals surface area contributed by atoms with Gasteiger partial charge in [0.2, 0.25) is 5.88 Å². The molecule has 1 fully saturated rings. The smallest absolute Gasteiger partial charge is 0.289 e. The van der Waals surface area contributed by atoms with Gasteiger partial charge in [0.05, 0.1) is 18.9 Å². The molecule has 2 aromatic rings. The van der Waals surface area contributed by atoms with Crippen molar-refractivity contribution in [2.45, 2.75) is 12.5 Å². The molecule has 1 saturated heterocycles. The molecule has 122 valence electrons. The molecule has 0 bridgehead atoms. The molecule has 1 atom stereocenters. The number of halogens is 1. The average Bonchev–Trinajstić information content (AvgIpc) is 3.16. The molecule has 3 rings (SSSR count). The van der Waals surface area contributed by atoms with Gasteiger partial charge in [0, 0.05) is 27.1 Å². The van der Waals surface area contributed by atoms with Crippen LogP contribution in [0.4, 0.5) is 5.82 Å². The van der Waals surface area contributed by atoms with Gasteiger partial charge < -0.3 is 19.0 Å². The van der Waals surface area contributed by atoms with Crippen LogP contribution in [0.25, 0.3) is 0 Å². The fourth-order valence-electron chi connectivity index (χ4n) is 2.38. The highest BCUT2D eigenvalue weighted by Crippen LogP contribution is 2.21. The minimum atomic E-state index is -0.130. The SMILES string of the molecule is CN(C)c1cncc(O[C@H]2CCN(C(=O)c3ccc(Br)o3)C2)n1. The fraction of sp³-hybridized carbons (Fsp3) is 0.400. The lowest BCUT2D eigenvalue weighted by atomic mass is 10.3. The van der Waals surface area contributed by atoms with Crippen LogP contribution >= 0.6 is 15.9 Å². The first kappa shape index (κ1) is 15.8. The number of carbonyl (C=O) groups is 1. The monoisotopic (exact) mass is 380 g/mol. The summed E-state index contributed by atoms with van der Waals surface area (Å²) in [5.41, 5.74) is 0.